The van der Waals surface area contributed by atoms with Crippen molar-refractivity contribution in [3.8, 4) is 0 Å². The zero-order valence-corrected chi connectivity index (χ0v) is 16.6. The molecule has 5 heteroatoms. The first-order valence-electron chi connectivity index (χ1n) is 9.69. The summed E-state index contributed by atoms with van der Waals surface area (Å²) in [7, 11) is 3.97. The van der Waals surface area contributed by atoms with Crippen molar-refractivity contribution < 1.29 is 4.79 Å². The van der Waals surface area contributed by atoms with E-state index in [2.05, 4.69) is 35.0 Å². The monoisotopic (exact) mass is 366 g/mol. The molecule has 1 aromatic carbocycles. The van der Waals surface area contributed by atoms with Crippen molar-refractivity contribution in [2.75, 3.05) is 40.3 Å². The van der Waals surface area contributed by atoms with E-state index in [0.29, 0.717) is 0 Å². The number of benzene rings is 1. The Bertz CT molecular complexity index is 747. The number of pyridine rings is 1. The molecule has 0 bridgehead atoms. The normalized spacial score (nSPS) is 17.0. The van der Waals surface area contributed by atoms with Crippen LogP contribution in [0.15, 0.2) is 48.7 Å². The van der Waals surface area contributed by atoms with Crippen LogP contribution in [-0.4, -0.2) is 65.9 Å². The summed E-state index contributed by atoms with van der Waals surface area (Å²) < 4.78 is 0. The molecule has 1 aliphatic rings. The largest absolute Gasteiger partial charge is 0.340 e. The molecular weight excluding hydrogens is 336 g/mol. The van der Waals surface area contributed by atoms with Crippen LogP contribution in [0.3, 0.4) is 0 Å². The first kappa shape index (κ1) is 19.5. The van der Waals surface area contributed by atoms with Crippen LogP contribution in [0, 0.1) is 6.92 Å². The number of aryl methyl sites for hydroxylation is 1. The summed E-state index contributed by atoms with van der Waals surface area (Å²) in [5.74, 6) is 0.203. The third kappa shape index (κ3) is 4.93. The lowest BCUT2D eigenvalue weighted by Gasteiger charge is -2.31. The quantitative estimate of drug-likeness (QED) is 0.816. The van der Waals surface area contributed by atoms with E-state index in [9.17, 15) is 4.79 Å². The second-order valence-electron chi connectivity index (χ2n) is 7.50. The summed E-state index contributed by atoms with van der Waals surface area (Å²) in [5, 5.41) is 0. The van der Waals surface area contributed by atoms with E-state index < -0.39 is 0 Å². The van der Waals surface area contributed by atoms with Crippen LogP contribution in [0.25, 0.3) is 0 Å². The number of nitrogens with zero attached hydrogens (tertiary/aromatic N) is 4. The molecule has 3 rings (SSSR count). The third-order valence-corrected chi connectivity index (χ3v) is 5.25. The molecule has 27 heavy (non-hydrogen) atoms. The van der Waals surface area contributed by atoms with Crippen molar-refractivity contribution >= 4 is 5.91 Å². The zero-order chi connectivity index (χ0) is 19.2. The van der Waals surface area contributed by atoms with Gasteiger partial charge in [0, 0.05) is 38.9 Å². The minimum absolute atomic E-state index is 0.203. The molecule has 1 aliphatic heterocycles. The van der Waals surface area contributed by atoms with Crippen LogP contribution in [0.4, 0.5) is 0 Å². The van der Waals surface area contributed by atoms with E-state index in [1.165, 1.54) is 0 Å². The van der Waals surface area contributed by atoms with Gasteiger partial charge in [-0.3, -0.25) is 19.6 Å². The Kier molecular flexibility index (Phi) is 6.58. The van der Waals surface area contributed by atoms with Gasteiger partial charge in [0.15, 0.2) is 0 Å². The topological polar surface area (TPSA) is 39.7 Å². The van der Waals surface area contributed by atoms with Crippen molar-refractivity contribution in [3.05, 3.63) is 65.5 Å². The number of carbonyl (C=O) groups is 1. The molecule has 1 amide bonds. The molecule has 0 saturated carbocycles. The molecule has 1 saturated heterocycles. The Morgan fingerprint density at radius 2 is 1.85 bits per heavy atom. The summed E-state index contributed by atoms with van der Waals surface area (Å²) in [6.07, 6.45) is 2.83. The van der Waals surface area contributed by atoms with E-state index in [-0.39, 0.29) is 11.9 Å². The van der Waals surface area contributed by atoms with Gasteiger partial charge in [-0.15, -0.1) is 0 Å². The van der Waals surface area contributed by atoms with E-state index in [0.717, 1.165) is 56.0 Å². The number of carbonyl (C=O) groups excluding carboxylic acids is 1. The number of hydrogen-bond donors (Lipinski definition) is 0. The minimum atomic E-state index is -0.228. The van der Waals surface area contributed by atoms with Gasteiger partial charge in [-0.2, -0.15) is 0 Å². The maximum atomic E-state index is 13.4. The molecular formula is C22H30N4O. The van der Waals surface area contributed by atoms with Gasteiger partial charge in [-0.25, -0.2) is 0 Å². The molecule has 0 aliphatic carbocycles. The molecule has 2 heterocycles. The Morgan fingerprint density at radius 3 is 2.56 bits per heavy atom. The standard InChI is InChI=1S/C22H30N4O/c1-18-9-4-5-11-20(18)21(24(2)3)22(27)26-14-8-13-25(15-16-26)17-19-10-6-7-12-23-19/h4-7,9-12,21H,8,13-17H2,1-3H3/t21-/m0/s1. The van der Waals surface area contributed by atoms with Crippen LogP contribution in [0.2, 0.25) is 0 Å². The molecule has 2 aromatic rings. The van der Waals surface area contributed by atoms with E-state index >= 15 is 0 Å². The predicted octanol–water partition coefficient (Wildman–Crippen LogP) is 2.73. The van der Waals surface area contributed by atoms with Crippen LogP contribution < -0.4 is 0 Å². The van der Waals surface area contributed by atoms with Crippen molar-refractivity contribution in [3.63, 3.8) is 0 Å². The SMILES string of the molecule is Cc1ccccc1[C@@H](C(=O)N1CCCN(Cc2ccccn2)CC1)N(C)C. The van der Waals surface area contributed by atoms with Gasteiger partial charge in [0.2, 0.25) is 5.91 Å². The van der Waals surface area contributed by atoms with E-state index in [1.54, 1.807) is 0 Å². The van der Waals surface area contributed by atoms with Crippen molar-refractivity contribution in [1.82, 2.24) is 19.7 Å². The van der Waals surface area contributed by atoms with Gasteiger partial charge < -0.3 is 4.90 Å². The predicted molar refractivity (Wildman–Crippen MR) is 108 cm³/mol. The lowest BCUT2D eigenvalue weighted by Crippen LogP contribution is -2.42. The highest BCUT2D eigenvalue weighted by molar-refractivity contribution is 5.83. The van der Waals surface area contributed by atoms with Gasteiger partial charge in [0.1, 0.15) is 6.04 Å². The van der Waals surface area contributed by atoms with Crippen LogP contribution in [-0.2, 0) is 11.3 Å². The van der Waals surface area contributed by atoms with E-state index in [4.69, 9.17) is 0 Å². The first-order chi connectivity index (χ1) is 13.1. The van der Waals surface area contributed by atoms with Crippen molar-refractivity contribution in [1.29, 1.82) is 0 Å². The maximum Gasteiger partial charge on any atom is 0.244 e. The molecule has 1 atom stereocenters. The van der Waals surface area contributed by atoms with Gasteiger partial charge in [-0.05, 0) is 50.7 Å². The fourth-order valence-corrected chi connectivity index (χ4v) is 3.77. The minimum Gasteiger partial charge on any atom is -0.340 e. The van der Waals surface area contributed by atoms with Gasteiger partial charge in [-0.1, -0.05) is 30.3 Å². The number of hydrogen-bond acceptors (Lipinski definition) is 4. The number of rotatable bonds is 5. The Balaban J connectivity index is 1.68. The Labute approximate surface area is 162 Å². The van der Waals surface area contributed by atoms with Crippen molar-refractivity contribution in [2.45, 2.75) is 25.9 Å². The number of aromatic nitrogens is 1. The summed E-state index contributed by atoms with van der Waals surface area (Å²) in [6.45, 7) is 6.39. The molecule has 144 valence electrons. The zero-order valence-electron chi connectivity index (χ0n) is 16.6. The van der Waals surface area contributed by atoms with Gasteiger partial charge >= 0.3 is 0 Å². The fourth-order valence-electron chi connectivity index (χ4n) is 3.77. The molecule has 5 nitrogen and oxygen atoms in total. The summed E-state index contributed by atoms with van der Waals surface area (Å²) in [6, 6.07) is 14.0. The second-order valence-corrected chi connectivity index (χ2v) is 7.50. The highest BCUT2D eigenvalue weighted by Gasteiger charge is 2.30. The third-order valence-electron chi connectivity index (χ3n) is 5.25. The average molecular weight is 367 g/mol. The maximum absolute atomic E-state index is 13.4. The summed E-state index contributed by atoms with van der Waals surface area (Å²) in [5.41, 5.74) is 3.35. The Morgan fingerprint density at radius 1 is 1.07 bits per heavy atom. The van der Waals surface area contributed by atoms with Crippen LogP contribution >= 0.6 is 0 Å². The average Bonchev–Trinajstić information content (AvgIpc) is 2.90. The molecule has 1 fully saturated rings. The number of likely N-dealkylation sites (N-methyl/N-ethyl adjacent to an activating group) is 1. The second kappa shape index (κ2) is 9.11. The lowest BCUT2D eigenvalue weighted by molar-refractivity contribution is -0.136. The lowest BCUT2D eigenvalue weighted by atomic mass is 9.99. The van der Waals surface area contributed by atoms with Gasteiger partial charge in [0.25, 0.3) is 0 Å². The molecule has 0 N–H and O–H groups in total. The molecule has 0 spiro atoms. The van der Waals surface area contributed by atoms with Crippen LogP contribution in [0.1, 0.15) is 29.3 Å². The molecule has 1 aromatic heterocycles. The molecule has 0 radical (unpaired) electrons. The number of amides is 1. The highest BCUT2D eigenvalue weighted by Crippen LogP contribution is 2.24. The smallest absolute Gasteiger partial charge is 0.244 e. The summed E-state index contributed by atoms with van der Waals surface area (Å²) >= 11 is 0. The highest BCUT2D eigenvalue weighted by atomic mass is 16.2. The van der Waals surface area contributed by atoms with Gasteiger partial charge in [0.05, 0.1) is 5.69 Å². The first-order valence-corrected chi connectivity index (χ1v) is 9.69. The summed E-state index contributed by atoms with van der Waals surface area (Å²) in [4.78, 5) is 24.3. The molecule has 0 unspecified atom stereocenters. The van der Waals surface area contributed by atoms with Crippen LogP contribution in [0.5, 0.6) is 0 Å². The van der Waals surface area contributed by atoms with Crippen molar-refractivity contribution in [2.24, 2.45) is 0 Å². The van der Waals surface area contributed by atoms with E-state index in [1.807, 2.05) is 54.4 Å². The fraction of sp³-hybridized carbons (Fsp3) is 0.455. The Hall–Kier alpha value is -2.24.